The number of carbonyl (C=O) groups is 1. The zero-order valence-electron chi connectivity index (χ0n) is 9.79. The normalized spacial score (nSPS) is 26.5. The number of carbonyl (C=O) groups excluding carboxylic acids is 1. The Bertz CT molecular complexity index is 205. The highest BCUT2D eigenvalue weighted by Crippen LogP contribution is 2.15. The highest BCUT2D eigenvalue weighted by molar-refractivity contribution is 5.80. The number of hydrogen-bond acceptors (Lipinski definition) is 3. The Labute approximate surface area is 87.1 Å². The Morgan fingerprint density at radius 2 is 2.21 bits per heavy atom. The summed E-state index contributed by atoms with van der Waals surface area (Å²) in [5, 5.41) is 0. The first-order chi connectivity index (χ1) is 6.52. The van der Waals surface area contributed by atoms with Gasteiger partial charge in [-0.15, -0.1) is 0 Å². The molecule has 0 aromatic heterocycles. The Morgan fingerprint density at radius 1 is 1.57 bits per heavy atom. The molecular weight excluding hydrogens is 176 g/mol. The standard InChI is InChI=1S/C11H22N2O/c1-9(10(2)14)13(4)11-6-5-7-12(3)8-11/h9,11H,5-8H2,1-4H3. The molecule has 82 valence electrons. The van der Waals surface area contributed by atoms with Gasteiger partial charge < -0.3 is 4.90 Å². The van der Waals surface area contributed by atoms with Crippen LogP contribution in [0.4, 0.5) is 0 Å². The third kappa shape index (κ3) is 2.79. The first kappa shape index (κ1) is 11.7. The summed E-state index contributed by atoms with van der Waals surface area (Å²) in [7, 11) is 4.22. The SMILES string of the molecule is CC(=O)C(C)N(C)C1CCCN(C)C1. The van der Waals surface area contributed by atoms with Crippen molar-refractivity contribution < 1.29 is 4.79 Å². The molecule has 0 radical (unpaired) electrons. The third-order valence-corrected chi connectivity index (χ3v) is 3.37. The number of hydrogen-bond donors (Lipinski definition) is 0. The van der Waals surface area contributed by atoms with E-state index in [1.54, 1.807) is 6.92 Å². The molecule has 2 unspecified atom stereocenters. The van der Waals surface area contributed by atoms with Crippen LogP contribution in [0.3, 0.4) is 0 Å². The van der Waals surface area contributed by atoms with E-state index in [9.17, 15) is 4.79 Å². The molecule has 0 aliphatic carbocycles. The maximum Gasteiger partial charge on any atom is 0.146 e. The van der Waals surface area contributed by atoms with E-state index < -0.39 is 0 Å². The Balaban J connectivity index is 2.50. The molecular formula is C11H22N2O. The minimum atomic E-state index is 0.0616. The van der Waals surface area contributed by atoms with Gasteiger partial charge in [0, 0.05) is 12.6 Å². The number of likely N-dealkylation sites (N-methyl/N-ethyl adjacent to an activating group) is 2. The molecule has 1 fully saturated rings. The van der Waals surface area contributed by atoms with Gasteiger partial charge in [-0.3, -0.25) is 9.69 Å². The maximum absolute atomic E-state index is 11.3. The van der Waals surface area contributed by atoms with E-state index >= 15 is 0 Å². The summed E-state index contributed by atoms with van der Waals surface area (Å²) in [6.45, 7) is 5.96. The molecule has 3 nitrogen and oxygen atoms in total. The minimum absolute atomic E-state index is 0.0616. The lowest BCUT2D eigenvalue weighted by atomic mass is 10.0. The lowest BCUT2D eigenvalue weighted by molar-refractivity contribution is -0.122. The molecule has 3 heteroatoms. The van der Waals surface area contributed by atoms with Crippen molar-refractivity contribution in [2.45, 2.75) is 38.8 Å². The van der Waals surface area contributed by atoms with Crippen molar-refractivity contribution in [3.63, 3.8) is 0 Å². The lowest BCUT2D eigenvalue weighted by Crippen LogP contribution is -2.49. The highest BCUT2D eigenvalue weighted by atomic mass is 16.1. The molecule has 0 amide bonds. The van der Waals surface area contributed by atoms with E-state index in [-0.39, 0.29) is 11.8 Å². The van der Waals surface area contributed by atoms with E-state index in [2.05, 4.69) is 23.9 Å². The quantitative estimate of drug-likeness (QED) is 0.675. The minimum Gasteiger partial charge on any atom is -0.305 e. The summed E-state index contributed by atoms with van der Waals surface area (Å²) in [6, 6.07) is 0.610. The van der Waals surface area contributed by atoms with Gasteiger partial charge in [0.05, 0.1) is 6.04 Å². The van der Waals surface area contributed by atoms with E-state index in [4.69, 9.17) is 0 Å². The third-order valence-electron chi connectivity index (χ3n) is 3.37. The Kier molecular flexibility index (Phi) is 4.08. The maximum atomic E-state index is 11.3. The molecule has 0 saturated carbocycles. The van der Waals surface area contributed by atoms with Gasteiger partial charge in [-0.2, -0.15) is 0 Å². The van der Waals surface area contributed by atoms with Gasteiger partial charge >= 0.3 is 0 Å². The molecule has 0 bridgehead atoms. The van der Waals surface area contributed by atoms with Crippen LogP contribution in [0.15, 0.2) is 0 Å². The summed E-state index contributed by atoms with van der Waals surface area (Å²) in [5.41, 5.74) is 0. The zero-order valence-corrected chi connectivity index (χ0v) is 9.79. The van der Waals surface area contributed by atoms with Crippen molar-refractivity contribution in [1.29, 1.82) is 0 Å². The van der Waals surface area contributed by atoms with Crippen LogP contribution in [0.25, 0.3) is 0 Å². The molecule has 1 aliphatic heterocycles. The van der Waals surface area contributed by atoms with Crippen LogP contribution in [0.2, 0.25) is 0 Å². The van der Waals surface area contributed by atoms with Crippen molar-refractivity contribution in [3.8, 4) is 0 Å². The first-order valence-electron chi connectivity index (χ1n) is 5.43. The van der Waals surface area contributed by atoms with Gasteiger partial charge in [0.15, 0.2) is 0 Å². The number of piperidine rings is 1. The van der Waals surface area contributed by atoms with Crippen LogP contribution in [0.1, 0.15) is 26.7 Å². The topological polar surface area (TPSA) is 23.6 Å². The molecule has 0 spiro atoms. The average Bonchev–Trinajstić information content (AvgIpc) is 2.15. The van der Waals surface area contributed by atoms with Crippen molar-refractivity contribution in [3.05, 3.63) is 0 Å². The Morgan fingerprint density at radius 3 is 2.71 bits per heavy atom. The van der Waals surface area contributed by atoms with Gasteiger partial charge in [-0.05, 0) is 47.3 Å². The second-order valence-corrected chi connectivity index (χ2v) is 4.51. The van der Waals surface area contributed by atoms with Crippen molar-refractivity contribution in [2.75, 3.05) is 27.2 Å². The van der Waals surface area contributed by atoms with E-state index in [0.717, 1.165) is 6.54 Å². The van der Waals surface area contributed by atoms with Gasteiger partial charge in [0.1, 0.15) is 5.78 Å². The summed E-state index contributed by atoms with van der Waals surface area (Å²) in [4.78, 5) is 15.8. The number of nitrogens with zero attached hydrogens (tertiary/aromatic N) is 2. The number of rotatable bonds is 3. The monoisotopic (exact) mass is 198 g/mol. The van der Waals surface area contributed by atoms with Gasteiger partial charge in [0.25, 0.3) is 0 Å². The van der Waals surface area contributed by atoms with Crippen molar-refractivity contribution >= 4 is 5.78 Å². The average molecular weight is 198 g/mol. The molecule has 0 aromatic carbocycles. The predicted octanol–water partition coefficient (Wildman–Crippen LogP) is 0.990. The second-order valence-electron chi connectivity index (χ2n) is 4.51. The van der Waals surface area contributed by atoms with Crippen LogP contribution in [0, 0.1) is 0 Å². The van der Waals surface area contributed by atoms with Crippen molar-refractivity contribution in [2.24, 2.45) is 0 Å². The summed E-state index contributed by atoms with van der Waals surface area (Å²) in [6.07, 6.45) is 2.47. The molecule has 0 N–H and O–H groups in total. The van der Waals surface area contributed by atoms with E-state index in [0.29, 0.717) is 6.04 Å². The van der Waals surface area contributed by atoms with Crippen molar-refractivity contribution in [1.82, 2.24) is 9.80 Å². The molecule has 1 heterocycles. The van der Waals surface area contributed by atoms with Gasteiger partial charge in [0.2, 0.25) is 0 Å². The molecule has 2 atom stereocenters. The van der Waals surface area contributed by atoms with Crippen LogP contribution in [-0.2, 0) is 4.79 Å². The molecule has 1 rings (SSSR count). The number of Topliss-reactive ketones (excluding diaryl/α,β-unsaturated/α-hetero) is 1. The summed E-state index contributed by atoms with van der Waals surface area (Å²) < 4.78 is 0. The van der Waals surface area contributed by atoms with Crippen LogP contribution in [-0.4, -0.2) is 54.9 Å². The van der Waals surface area contributed by atoms with E-state index in [1.807, 2.05) is 6.92 Å². The fourth-order valence-corrected chi connectivity index (χ4v) is 2.07. The second kappa shape index (κ2) is 4.89. The molecule has 14 heavy (non-hydrogen) atoms. The van der Waals surface area contributed by atoms with Crippen LogP contribution >= 0.6 is 0 Å². The van der Waals surface area contributed by atoms with E-state index in [1.165, 1.54) is 19.4 Å². The predicted molar refractivity (Wildman–Crippen MR) is 58.4 cm³/mol. The van der Waals surface area contributed by atoms with Gasteiger partial charge in [-0.1, -0.05) is 0 Å². The lowest BCUT2D eigenvalue weighted by Gasteiger charge is -2.38. The first-order valence-corrected chi connectivity index (χ1v) is 5.43. The fraction of sp³-hybridized carbons (Fsp3) is 0.909. The Hall–Kier alpha value is -0.410. The van der Waals surface area contributed by atoms with Crippen LogP contribution in [0.5, 0.6) is 0 Å². The zero-order chi connectivity index (χ0) is 10.7. The number of ketones is 1. The summed E-state index contributed by atoms with van der Waals surface area (Å²) in [5.74, 6) is 0.265. The summed E-state index contributed by atoms with van der Waals surface area (Å²) >= 11 is 0. The highest BCUT2D eigenvalue weighted by Gasteiger charge is 2.25. The number of likely N-dealkylation sites (tertiary alicyclic amines) is 1. The molecule has 1 aliphatic rings. The molecule has 1 saturated heterocycles. The smallest absolute Gasteiger partial charge is 0.146 e. The van der Waals surface area contributed by atoms with Gasteiger partial charge in [-0.25, -0.2) is 0 Å². The molecule has 0 aromatic rings. The van der Waals surface area contributed by atoms with Crippen LogP contribution < -0.4 is 0 Å². The fourth-order valence-electron chi connectivity index (χ4n) is 2.07. The largest absolute Gasteiger partial charge is 0.305 e.